The monoisotopic (exact) mass is 374 g/mol. The smallest absolute Gasteiger partial charge is 0.242 e. The second kappa shape index (κ2) is 6.36. The summed E-state index contributed by atoms with van der Waals surface area (Å²) in [7, 11) is -3.50. The number of benzene rings is 1. The molecule has 1 aromatic carbocycles. The zero-order valence-corrected chi connectivity index (χ0v) is 14.1. The van der Waals surface area contributed by atoms with E-state index in [4.69, 9.17) is 5.73 Å². The lowest BCUT2D eigenvalue weighted by Crippen LogP contribution is -2.24. The Bertz CT molecular complexity index is 711. The van der Waals surface area contributed by atoms with Gasteiger partial charge in [-0.25, -0.2) is 13.1 Å². The first-order valence-electron chi connectivity index (χ1n) is 5.96. The highest BCUT2D eigenvalue weighted by atomic mass is 79.9. The zero-order valence-electron chi connectivity index (χ0n) is 10.9. The van der Waals surface area contributed by atoms with Gasteiger partial charge in [0.1, 0.15) is 0 Å². The Morgan fingerprint density at radius 1 is 1.30 bits per heavy atom. The van der Waals surface area contributed by atoms with Crippen molar-refractivity contribution in [3.8, 4) is 0 Å². The molecule has 0 fully saturated rings. The first-order chi connectivity index (χ1) is 9.44. The van der Waals surface area contributed by atoms with Crippen LogP contribution in [0.5, 0.6) is 0 Å². The third kappa shape index (κ3) is 3.48. The molecule has 1 aromatic heterocycles. The summed E-state index contributed by atoms with van der Waals surface area (Å²) >= 11 is 4.71. The minimum atomic E-state index is -3.50. The van der Waals surface area contributed by atoms with Crippen molar-refractivity contribution in [2.45, 2.75) is 24.9 Å². The minimum Gasteiger partial charge on any atom is -0.326 e. The molecule has 0 aliphatic rings. The predicted octanol–water partition coefficient (Wildman–Crippen LogP) is 2.76. The van der Waals surface area contributed by atoms with Gasteiger partial charge in [-0.15, -0.1) is 11.3 Å². The van der Waals surface area contributed by atoms with Crippen molar-refractivity contribution in [2.75, 3.05) is 0 Å². The van der Waals surface area contributed by atoms with Gasteiger partial charge in [0, 0.05) is 18.0 Å². The van der Waals surface area contributed by atoms with Gasteiger partial charge >= 0.3 is 0 Å². The van der Waals surface area contributed by atoms with Crippen molar-refractivity contribution in [2.24, 2.45) is 5.73 Å². The summed E-state index contributed by atoms with van der Waals surface area (Å²) in [6.45, 7) is 2.42. The van der Waals surface area contributed by atoms with Crippen molar-refractivity contribution >= 4 is 37.3 Å². The van der Waals surface area contributed by atoms with Crippen LogP contribution in [0.4, 0.5) is 0 Å². The Kier molecular flexibility index (Phi) is 4.98. The van der Waals surface area contributed by atoms with E-state index in [0.717, 1.165) is 19.8 Å². The van der Waals surface area contributed by atoms with Gasteiger partial charge in [-0.3, -0.25) is 0 Å². The molecule has 4 nitrogen and oxygen atoms in total. The highest BCUT2D eigenvalue weighted by Crippen LogP contribution is 2.29. The molecule has 2 aromatic rings. The van der Waals surface area contributed by atoms with Crippen LogP contribution in [-0.4, -0.2) is 8.42 Å². The lowest BCUT2D eigenvalue weighted by Gasteiger charge is -2.09. The number of rotatable bonds is 5. The van der Waals surface area contributed by atoms with Gasteiger partial charge < -0.3 is 5.73 Å². The molecule has 1 heterocycles. The van der Waals surface area contributed by atoms with E-state index >= 15 is 0 Å². The van der Waals surface area contributed by atoms with Crippen LogP contribution in [0.2, 0.25) is 0 Å². The fourth-order valence-electron chi connectivity index (χ4n) is 1.88. The first-order valence-corrected chi connectivity index (χ1v) is 9.06. The van der Waals surface area contributed by atoms with Gasteiger partial charge in [0.15, 0.2) is 0 Å². The lowest BCUT2D eigenvalue weighted by molar-refractivity contribution is 0.581. The highest BCUT2D eigenvalue weighted by Gasteiger charge is 2.19. The molecule has 0 aliphatic heterocycles. The normalized spacial score (nSPS) is 11.8. The van der Waals surface area contributed by atoms with Crippen molar-refractivity contribution in [1.82, 2.24) is 4.72 Å². The van der Waals surface area contributed by atoms with E-state index in [1.807, 2.05) is 24.3 Å². The number of aryl methyl sites for hydroxylation is 1. The molecule has 0 spiro atoms. The summed E-state index contributed by atoms with van der Waals surface area (Å²) < 4.78 is 28.0. The molecule has 3 N–H and O–H groups in total. The number of nitrogens with two attached hydrogens (primary N) is 1. The third-order valence-corrected chi connectivity index (χ3v) is 6.13. The molecular formula is C13H15BrN2O2S2. The number of sulfonamides is 1. The molecule has 20 heavy (non-hydrogen) atoms. The van der Waals surface area contributed by atoms with Gasteiger partial charge in [0.05, 0.1) is 8.68 Å². The third-order valence-electron chi connectivity index (χ3n) is 2.92. The molecule has 0 atom stereocenters. The molecule has 2 rings (SSSR count). The second-order valence-corrected chi connectivity index (χ2v) is 8.64. The van der Waals surface area contributed by atoms with Crippen LogP contribution in [-0.2, 0) is 23.1 Å². The summed E-state index contributed by atoms with van der Waals surface area (Å²) in [6, 6.07) is 9.16. The van der Waals surface area contributed by atoms with Gasteiger partial charge in [0.2, 0.25) is 10.0 Å². The number of thiophene rings is 1. The highest BCUT2D eigenvalue weighted by molar-refractivity contribution is 9.11. The molecule has 108 valence electrons. The van der Waals surface area contributed by atoms with Gasteiger partial charge in [0.25, 0.3) is 0 Å². The summed E-state index contributed by atoms with van der Waals surface area (Å²) in [4.78, 5) is 1.08. The summed E-state index contributed by atoms with van der Waals surface area (Å²) in [6.07, 6.45) is 0. The van der Waals surface area contributed by atoms with Gasteiger partial charge in [-0.1, -0.05) is 24.3 Å². The lowest BCUT2D eigenvalue weighted by atomic mass is 10.1. The van der Waals surface area contributed by atoms with E-state index in [1.54, 1.807) is 13.0 Å². The number of halogens is 1. The van der Waals surface area contributed by atoms with Crippen LogP contribution in [0.15, 0.2) is 39.0 Å². The maximum Gasteiger partial charge on any atom is 0.242 e. The largest absolute Gasteiger partial charge is 0.326 e. The molecule has 0 radical (unpaired) electrons. The van der Waals surface area contributed by atoms with Crippen molar-refractivity contribution < 1.29 is 8.42 Å². The Hall–Kier alpha value is -0.730. The van der Waals surface area contributed by atoms with Crippen molar-refractivity contribution in [3.63, 3.8) is 0 Å². The predicted molar refractivity (Wildman–Crippen MR) is 85.1 cm³/mol. The summed E-state index contributed by atoms with van der Waals surface area (Å²) in [5, 5.41) is 0. The Balaban J connectivity index is 2.20. The van der Waals surface area contributed by atoms with Crippen LogP contribution in [0.25, 0.3) is 0 Å². The molecule has 0 saturated carbocycles. The van der Waals surface area contributed by atoms with E-state index in [9.17, 15) is 8.42 Å². The molecular weight excluding hydrogens is 360 g/mol. The van der Waals surface area contributed by atoms with Crippen LogP contribution < -0.4 is 10.5 Å². The van der Waals surface area contributed by atoms with Crippen LogP contribution in [0, 0.1) is 6.92 Å². The Morgan fingerprint density at radius 3 is 2.50 bits per heavy atom. The summed E-state index contributed by atoms with van der Waals surface area (Å²) in [5.41, 5.74) is 7.48. The van der Waals surface area contributed by atoms with E-state index < -0.39 is 10.0 Å². The Labute approximate surface area is 131 Å². The second-order valence-electron chi connectivity index (χ2n) is 4.27. The molecule has 7 heteroatoms. The molecule has 0 unspecified atom stereocenters. The van der Waals surface area contributed by atoms with E-state index in [2.05, 4.69) is 20.7 Å². The number of hydrogen-bond acceptors (Lipinski definition) is 4. The van der Waals surface area contributed by atoms with Gasteiger partial charge in [-0.2, -0.15) is 0 Å². The SMILES string of the molecule is Cc1sc(Br)cc1S(=O)(=O)NCc1ccccc1CN. The fraction of sp³-hybridized carbons (Fsp3) is 0.231. The van der Waals surface area contributed by atoms with E-state index in [0.29, 0.717) is 11.4 Å². The van der Waals surface area contributed by atoms with Crippen molar-refractivity contribution in [1.29, 1.82) is 0 Å². The van der Waals surface area contributed by atoms with Crippen LogP contribution >= 0.6 is 27.3 Å². The van der Waals surface area contributed by atoms with Crippen LogP contribution in [0.1, 0.15) is 16.0 Å². The average Bonchev–Trinajstić information content (AvgIpc) is 2.76. The average molecular weight is 375 g/mol. The topological polar surface area (TPSA) is 72.2 Å². The molecule has 0 amide bonds. The Morgan fingerprint density at radius 2 is 1.95 bits per heavy atom. The van der Waals surface area contributed by atoms with E-state index in [-0.39, 0.29) is 6.54 Å². The maximum absolute atomic E-state index is 12.3. The van der Waals surface area contributed by atoms with E-state index in [1.165, 1.54) is 11.3 Å². The number of nitrogens with one attached hydrogen (secondary N) is 1. The maximum atomic E-state index is 12.3. The standard InChI is InChI=1S/C13H15BrN2O2S2/c1-9-12(6-13(14)19-9)20(17,18)16-8-11-5-3-2-4-10(11)7-15/h2-6,16H,7-8,15H2,1H3. The molecule has 0 saturated heterocycles. The first kappa shape index (κ1) is 15.7. The quantitative estimate of drug-likeness (QED) is 0.844. The summed E-state index contributed by atoms with van der Waals surface area (Å²) in [5.74, 6) is 0. The number of hydrogen-bond donors (Lipinski definition) is 2. The van der Waals surface area contributed by atoms with Crippen molar-refractivity contribution in [3.05, 3.63) is 50.1 Å². The minimum absolute atomic E-state index is 0.239. The van der Waals surface area contributed by atoms with Crippen LogP contribution in [0.3, 0.4) is 0 Å². The zero-order chi connectivity index (χ0) is 14.8. The van der Waals surface area contributed by atoms with Gasteiger partial charge in [-0.05, 0) is 40.0 Å². The molecule has 0 bridgehead atoms. The molecule has 0 aliphatic carbocycles. The fourth-order valence-corrected chi connectivity index (χ4v) is 5.30.